The van der Waals surface area contributed by atoms with Crippen LogP contribution in [0.25, 0.3) is 0 Å². The third-order valence-corrected chi connectivity index (χ3v) is 3.18. The first kappa shape index (κ1) is 12.4. The van der Waals surface area contributed by atoms with E-state index in [-0.39, 0.29) is 5.92 Å². The van der Waals surface area contributed by atoms with Crippen molar-refractivity contribution < 1.29 is 4.52 Å². The largest absolute Gasteiger partial charge is 0.341 e. The maximum Gasteiger partial charge on any atom is 0.321 e. The standard InChI is InChI=1S/C16H15N3O/c1-17-16-18-15(19-20-16)14(12-8-4-2-5-9-12)13-10-6-3-7-11-13/h2-11,14H,1H3,(H,17,18,19). The van der Waals surface area contributed by atoms with E-state index in [2.05, 4.69) is 39.7 Å². The van der Waals surface area contributed by atoms with Gasteiger partial charge in [0.1, 0.15) is 0 Å². The Morgan fingerprint density at radius 1 is 0.900 bits per heavy atom. The Morgan fingerprint density at radius 3 is 1.90 bits per heavy atom. The first-order valence-corrected chi connectivity index (χ1v) is 6.49. The number of anilines is 1. The van der Waals surface area contributed by atoms with Crippen LogP contribution in [0.3, 0.4) is 0 Å². The van der Waals surface area contributed by atoms with Crippen molar-refractivity contribution in [1.82, 2.24) is 10.1 Å². The summed E-state index contributed by atoms with van der Waals surface area (Å²) in [6, 6.07) is 20.8. The molecule has 3 rings (SSSR count). The van der Waals surface area contributed by atoms with Gasteiger partial charge in [-0.25, -0.2) is 0 Å². The maximum absolute atomic E-state index is 5.17. The van der Waals surface area contributed by atoms with Crippen molar-refractivity contribution in [3.05, 3.63) is 77.6 Å². The molecule has 4 nitrogen and oxygen atoms in total. The molecule has 100 valence electrons. The second-order valence-corrected chi connectivity index (χ2v) is 4.46. The number of benzene rings is 2. The maximum atomic E-state index is 5.17. The van der Waals surface area contributed by atoms with E-state index in [1.165, 1.54) is 0 Å². The summed E-state index contributed by atoms with van der Waals surface area (Å²) in [5.41, 5.74) is 2.28. The smallest absolute Gasteiger partial charge is 0.321 e. The summed E-state index contributed by atoms with van der Waals surface area (Å²) >= 11 is 0. The Hall–Kier alpha value is -2.62. The Labute approximate surface area is 117 Å². The molecular weight excluding hydrogens is 250 g/mol. The van der Waals surface area contributed by atoms with Crippen LogP contribution < -0.4 is 5.32 Å². The van der Waals surface area contributed by atoms with Gasteiger partial charge in [0.25, 0.3) is 0 Å². The second-order valence-electron chi connectivity index (χ2n) is 4.46. The van der Waals surface area contributed by atoms with E-state index >= 15 is 0 Å². The molecule has 0 radical (unpaired) electrons. The molecule has 0 aliphatic carbocycles. The van der Waals surface area contributed by atoms with Gasteiger partial charge in [-0.05, 0) is 11.1 Å². The molecule has 3 aromatic rings. The van der Waals surface area contributed by atoms with Crippen LogP contribution in [0.4, 0.5) is 6.01 Å². The Morgan fingerprint density at radius 2 is 1.45 bits per heavy atom. The molecule has 0 saturated carbocycles. The third kappa shape index (κ3) is 2.40. The molecule has 0 aliphatic heterocycles. The highest BCUT2D eigenvalue weighted by atomic mass is 16.5. The minimum atomic E-state index is -0.0248. The molecular formula is C16H15N3O. The van der Waals surface area contributed by atoms with E-state index in [1.807, 2.05) is 36.4 Å². The van der Waals surface area contributed by atoms with Crippen molar-refractivity contribution in [2.24, 2.45) is 0 Å². The third-order valence-electron chi connectivity index (χ3n) is 3.18. The second kappa shape index (κ2) is 5.57. The molecule has 1 heterocycles. The quantitative estimate of drug-likeness (QED) is 0.786. The van der Waals surface area contributed by atoms with E-state index < -0.39 is 0 Å². The fourth-order valence-corrected chi connectivity index (χ4v) is 2.24. The normalized spacial score (nSPS) is 10.7. The Kier molecular flexibility index (Phi) is 3.46. The zero-order valence-corrected chi connectivity index (χ0v) is 11.2. The van der Waals surface area contributed by atoms with Gasteiger partial charge in [-0.1, -0.05) is 65.8 Å². The van der Waals surface area contributed by atoms with E-state index in [4.69, 9.17) is 4.52 Å². The summed E-state index contributed by atoms with van der Waals surface area (Å²) in [5.74, 6) is 0.634. The Bertz CT molecular complexity index is 625. The molecule has 1 aromatic heterocycles. The minimum absolute atomic E-state index is 0.0248. The number of rotatable bonds is 4. The molecule has 0 unspecified atom stereocenters. The van der Waals surface area contributed by atoms with Crippen LogP contribution in [-0.4, -0.2) is 17.2 Å². The highest BCUT2D eigenvalue weighted by molar-refractivity contribution is 5.38. The molecule has 0 saturated heterocycles. The van der Waals surface area contributed by atoms with Crippen molar-refractivity contribution >= 4 is 6.01 Å². The lowest BCUT2D eigenvalue weighted by molar-refractivity contribution is 0.423. The highest BCUT2D eigenvalue weighted by Crippen LogP contribution is 2.30. The van der Waals surface area contributed by atoms with Crippen molar-refractivity contribution in [2.45, 2.75) is 5.92 Å². The topological polar surface area (TPSA) is 51.0 Å². The monoisotopic (exact) mass is 265 g/mol. The summed E-state index contributed by atoms with van der Waals surface area (Å²) in [6.45, 7) is 0. The molecule has 0 fully saturated rings. The summed E-state index contributed by atoms with van der Waals surface area (Å²) in [7, 11) is 1.76. The molecule has 4 heteroatoms. The zero-order chi connectivity index (χ0) is 13.8. The first-order chi connectivity index (χ1) is 9.88. The van der Waals surface area contributed by atoms with Gasteiger partial charge >= 0.3 is 6.01 Å². The van der Waals surface area contributed by atoms with E-state index in [1.54, 1.807) is 7.05 Å². The van der Waals surface area contributed by atoms with Crippen LogP contribution in [-0.2, 0) is 0 Å². The van der Waals surface area contributed by atoms with Crippen LogP contribution in [0.15, 0.2) is 65.2 Å². The molecule has 0 bridgehead atoms. The van der Waals surface area contributed by atoms with Crippen molar-refractivity contribution in [1.29, 1.82) is 0 Å². The molecule has 0 aliphatic rings. The SMILES string of the molecule is CNc1nc(C(c2ccccc2)c2ccccc2)no1. The van der Waals surface area contributed by atoms with E-state index in [0.717, 1.165) is 11.1 Å². The molecule has 0 spiro atoms. The number of nitrogens with zero attached hydrogens (tertiary/aromatic N) is 2. The van der Waals surface area contributed by atoms with Crippen LogP contribution in [0, 0.1) is 0 Å². The van der Waals surface area contributed by atoms with Crippen molar-refractivity contribution in [2.75, 3.05) is 12.4 Å². The van der Waals surface area contributed by atoms with Crippen LogP contribution in [0.5, 0.6) is 0 Å². The summed E-state index contributed by atoms with van der Waals surface area (Å²) in [6.07, 6.45) is 0. The van der Waals surface area contributed by atoms with Gasteiger partial charge in [0, 0.05) is 7.05 Å². The van der Waals surface area contributed by atoms with Gasteiger partial charge in [0.15, 0.2) is 5.82 Å². The summed E-state index contributed by atoms with van der Waals surface area (Å²) in [4.78, 5) is 4.39. The van der Waals surface area contributed by atoms with Gasteiger partial charge in [0.05, 0.1) is 5.92 Å². The van der Waals surface area contributed by atoms with Gasteiger partial charge < -0.3 is 9.84 Å². The predicted molar refractivity (Wildman–Crippen MR) is 77.7 cm³/mol. The number of nitrogens with one attached hydrogen (secondary N) is 1. The first-order valence-electron chi connectivity index (χ1n) is 6.49. The fraction of sp³-hybridized carbons (Fsp3) is 0.125. The van der Waals surface area contributed by atoms with Crippen LogP contribution in [0.2, 0.25) is 0 Å². The van der Waals surface area contributed by atoms with E-state index in [0.29, 0.717) is 11.8 Å². The number of hydrogen-bond acceptors (Lipinski definition) is 4. The van der Waals surface area contributed by atoms with Crippen LogP contribution >= 0.6 is 0 Å². The average Bonchev–Trinajstić information content (AvgIpc) is 2.98. The Balaban J connectivity index is 2.09. The van der Waals surface area contributed by atoms with Crippen molar-refractivity contribution in [3.63, 3.8) is 0 Å². The molecule has 0 amide bonds. The van der Waals surface area contributed by atoms with Gasteiger partial charge in [-0.15, -0.1) is 0 Å². The van der Waals surface area contributed by atoms with Gasteiger partial charge in [-0.2, -0.15) is 4.98 Å². The van der Waals surface area contributed by atoms with Crippen LogP contribution in [0.1, 0.15) is 22.9 Å². The number of aromatic nitrogens is 2. The minimum Gasteiger partial charge on any atom is -0.341 e. The van der Waals surface area contributed by atoms with Crippen molar-refractivity contribution in [3.8, 4) is 0 Å². The molecule has 20 heavy (non-hydrogen) atoms. The molecule has 2 aromatic carbocycles. The highest BCUT2D eigenvalue weighted by Gasteiger charge is 2.21. The average molecular weight is 265 g/mol. The predicted octanol–water partition coefficient (Wildman–Crippen LogP) is 3.29. The number of hydrogen-bond donors (Lipinski definition) is 1. The lowest BCUT2D eigenvalue weighted by Crippen LogP contribution is -2.05. The molecule has 1 N–H and O–H groups in total. The molecule has 0 atom stereocenters. The van der Waals surface area contributed by atoms with Gasteiger partial charge in [0.2, 0.25) is 0 Å². The fourth-order valence-electron chi connectivity index (χ4n) is 2.24. The van der Waals surface area contributed by atoms with Gasteiger partial charge in [-0.3, -0.25) is 0 Å². The lowest BCUT2D eigenvalue weighted by Gasteiger charge is -2.13. The van der Waals surface area contributed by atoms with E-state index in [9.17, 15) is 0 Å². The summed E-state index contributed by atoms with van der Waals surface area (Å²) in [5, 5.41) is 6.96. The lowest BCUT2D eigenvalue weighted by atomic mass is 9.91. The summed E-state index contributed by atoms with van der Waals surface area (Å²) < 4.78 is 5.17. The zero-order valence-electron chi connectivity index (χ0n) is 11.2.